The number of rotatable bonds is 5. The summed E-state index contributed by atoms with van der Waals surface area (Å²) in [4.78, 5) is 0. The van der Waals surface area contributed by atoms with Gasteiger partial charge < -0.3 is 14.6 Å². The number of hydrogen-bond acceptors (Lipinski definition) is 3. The fraction of sp³-hybridized carbons (Fsp3) is 1.00. The highest BCUT2D eigenvalue weighted by molar-refractivity contribution is 4.93. The van der Waals surface area contributed by atoms with Gasteiger partial charge in [0.15, 0.2) is 0 Å². The predicted molar refractivity (Wildman–Crippen MR) is 57.8 cm³/mol. The van der Waals surface area contributed by atoms with Crippen LogP contribution in [0.1, 0.15) is 45.4 Å². The average molecular weight is 214 g/mol. The van der Waals surface area contributed by atoms with E-state index in [0.717, 1.165) is 19.4 Å². The Bertz CT molecular complexity index is 189. The maximum absolute atomic E-state index is 9.57. The van der Waals surface area contributed by atoms with Gasteiger partial charge in [0.25, 0.3) is 0 Å². The Morgan fingerprint density at radius 1 is 1.27 bits per heavy atom. The van der Waals surface area contributed by atoms with Crippen LogP contribution in [0.4, 0.5) is 0 Å². The molecule has 0 heterocycles. The monoisotopic (exact) mass is 214 g/mol. The molecule has 0 aliphatic heterocycles. The summed E-state index contributed by atoms with van der Waals surface area (Å²) in [6, 6.07) is 0. The lowest BCUT2D eigenvalue weighted by atomic mass is 9.87. The molecule has 3 nitrogen and oxygen atoms in total. The van der Waals surface area contributed by atoms with Gasteiger partial charge in [-0.05, 0) is 19.3 Å². The molecule has 2 aliphatic carbocycles. The summed E-state index contributed by atoms with van der Waals surface area (Å²) in [6.07, 6.45) is 6.92. The van der Waals surface area contributed by atoms with E-state index in [1.807, 2.05) is 0 Å². The zero-order chi connectivity index (χ0) is 10.7. The molecule has 0 aromatic rings. The Hall–Kier alpha value is -0.120. The lowest BCUT2D eigenvalue weighted by molar-refractivity contribution is -0.206. The molecule has 0 bridgehead atoms. The van der Waals surface area contributed by atoms with Crippen LogP contribution in [0.25, 0.3) is 0 Å². The third-order valence-electron chi connectivity index (χ3n) is 3.40. The summed E-state index contributed by atoms with van der Waals surface area (Å²) >= 11 is 0. The Kier molecular flexibility index (Phi) is 4.00. The molecule has 88 valence electrons. The maximum Gasteiger partial charge on any atom is 0.110 e. The van der Waals surface area contributed by atoms with E-state index in [4.69, 9.17) is 9.47 Å². The summed E-state index contributed by atoms with van der Waals surface area (Å²) in [5, 5.41) is 9.57. The van der Waals surface area contributed by atoms with Gasteiger partial charge in [-0.15, -0.1) is 0 Å². The zero-order valence-corrected chi connectivity index (χ0v) is 9.52. The second kappa shape index (κ2) is 5.28. The largest absolute Gasteiger partial charge is 0.390 e. The van der Waals surface area contributed by atoms with Crippen LogP contribution < -0.4 is 0 Å². The van der Waals surface area contributed by atoms with Crippen molar-refractivity contribution < 1.29 is 14.6 Å². The van der Waals surface area contributed by atoms with Crippen molar-refractivity contribution in [2.24, 2.45) is 0 Å². The van der Waals surface area contributed by atoms with E-state index in [-0.39, 0.29) is 18.3 Å². The SMILES string of the molecule is CCCOC1C(O)CC1OC1CCCC1. The molecule has 1 N–H and O–H groups in total. The average Bonchev–Trinajstić information content (AvgIpc) is 2.70. The predicted octanol–water partition coefficient (Wildman–Crippen LogP) is 1.87. The van der Waals surface area contributed by atoms with E-state index in [1.165, 1.54) is 25.7 Å². The van der Waals surface area contributed by atoms with Crippen molar-refractivity contribution in [3.8, 4) is 0 Å². The minimum Gasteiger partial charge on any atom is -0.390 e. The van der Waals surface area contributed by atoms with Gasteiger partial charge in [-0.25, -0.2) is 0 Å². The standard InChI is InChI=1S/C12H22O3/c1-2-7-14-12-10(13)8-11(12)15-9-5-3-4-6-9/h9-13H,2-8H2,1H3. The van der Waals surface area contributed by atoms with Crippen molar-refractivity contribution in [3.63, 3.8) is 0 Å². The summed E-state index contributed by atoms with van der Waals surface area (Å²) in [6.45, 7) is 2.81. The molecule has 2 rings (SSSR count). The lowest BCUT2D eigenvalue weighted by Crippen LogP contribution is -2.54. The molecule has 0 aromatic heterocycles. The fourth-order valence-electron chi connectivity index (χ4n) is 2.44. The van der Waals surface area contributed by atoms with Gasteiger partial charge in [0, 0.05) is 13.0 Å². The minimum atomic E-state index is -0.303. The first-order chi connectivity index (χ1) is 7.31. The first kappa shape index (κ1) is 11.4. The molecule has 2 fully saturated rings. The molecule has 2 aliphatic rings. The maximum atomic E-state index is 9.57. The van der Waals surface area contributed by atoms with E-state index in [0.29, 0.717) is 6.10 Å². The van der Waals surface area contributed by atoms with Crippen LogP contribution in [0.3, 0.4) is 0 Å². The van der Waals surface area contributed by atoms with Gasteiger partial charge in [0.1, 0.15) is 6.10 Å². The quantitative estimate of drug-likeness (QED) is 0.759. The molecule has 0 radical (unpaired) electrons. The summed E-state index contributed by atoms with van der Waals surface area (Å²) in [7, 11) is 0. The van der Waals surface area contributed by atoms with Gasteiger partial charge in [-0.2, -0.15) is 0 Å². The lowest BCUT2D eigenvalue weighted by Gasteiger charge is -2.42. The van der Waals surface area contributed by atoms with Crippen LogP contribution in [0, 0.1) is 0 Å². The first-order valence-corrected chi connectivity index (χ1v) is 6.26. The summed E-state index contributed by atoms with van der Waals surface area (Å²) < 4.78 is 11.5. The molecule has 0 saturated heterocycles. The Balaban J connectivity index is 1.72. The molecule has 3 unspecified atom stereocenters. The normalized spacial score (nSPS) is 36.8. The van der Waals surface area contributed by atoms with Crippen LogP contribution in [-0.2, 0) is 9.47 Å². The third kappa shape index (κ3) is 2.71. The van der Waals surface area contributed by atoms with Crippen LogP contribution in [0.15, 0.2) is 0 Å². The molecule has 2 saturated carbocycles. The smallest absolute Gasteiger partial charge is 0.110 e. The fourth-order valence-corrected chi connectivity index (χ4v) is 2.44. The number of aliphatic hydroxyl groups is 1. The molecule has 0 amide bonds. The van der Waals surface area contributed by atoms with Crippen molar-refractivity contribution in [3.05, 3.63) is 0 Å². The minimum absolute atomic E-state index is 0.0643. The van der Waals surface area contributed by atoms with Crippen LogP contribution >= 0.6 is 0 Å². The first-order valence-electron chi connectivity index (χ1n) is 6.26. The van der Waals surface area contributed by atoms with Gasteiger partial charge in [-0.3, -0.25) is 0 Å². The third-order valence-corrected chi connectivity index (χ3v) is 3.40. The van der Waals surface area contributed by atoms with Crippen LogP contribution in [-0.4, -0.2) is 36.1 Å². The number of hydrogen-bond donors (Lipinski definition) is 1. The van der Waals surface area contributed by atoms with Crippen molar-refractivity contribution in [2.75, 3.05) is 6.61 Å². The van der Waals surface area contributed by atoms with Crippen molar-refractivity contribution >= 4 is 0 Å². The Morgan fingerprint density at radius 3 is 2.60 bits per heavy atom. The number of aliphatic hydroxyl groups excluding tert-OH is 1. The highest BCUT2D eigenvalue weighted by Crippen LogP contribution is 2.32. The topological polar surface area (TPSA) is 38.7 Å². The van der Waals surface area contributed by atoms with Gasteiger partial charge in [-0.1, -0.05) is 19.8 Å². The molecule has 15 heavy (non-hydrogen) atoms. The zero-order valence-electron chi connectivity index (χ0n) is 9.52. The van der Waals surface area contributed by atoms with Gasteiger partial charge >= 0.3 is 0 Å². The molecule has 0 aromatic carbocycles. The highest BCUT2D eigenvalue weighted by Gasteiger charge is 2.43. The van der Waals surface area contributed by atoms with E-state index < -0.39 is 0 Å². The second-order valence-electron chi connectivity index (χ2n) is 4.72. The molecule has 3 atom stereocenters. The molecule has 3 heteroatoms. The van der Waals surface area contributed by atoms with E-state index in [1.54, 1.807) is 0 Å². The van der Waals surface area contributed by atoms with Gasteiger partial charge in [0.2, 0.25) is 0 Å². The van der Waals surface area contributed by atoms with Gasteiger partial charge in [0.05, 0.1) is 18.3 Å². The molecular weight excluding hydrogens is 192 g/mol. The van der Waals surface area contributed by atoms with Crippen molar-refractivity contribution in [2.45, 2.75) is 69.9 Å². The van der Waals surface area contributed by atoms with Crippen molar-refractivity contribution in [1.82, 2.24) is 0 Å². The second-order valence-corrected chi connectivity index (χ2v) is 4.72. The highest BCUT2D eigenvalue weighted by atomic mass is 16.6. The van der Waals surface area contributed by atoms with E-state index in [9.17, 15) is 5.11 Å². The Labute approximate surface area is 91.8 Å². The summed E-state index contributed by atoms with van der Waals surface area (Å²) in [5.74, 6) is 0. The number of ether oxygens (including phenoxy) is 2. The molecule has 0 spiro atoms. The molecular formula is C12H22O3. The van der Waals surface area contributed by atoms with E-state index in [2.05, 4.69) is 6.92 Å². The summed E-state index contributed by atoms with van der Waals surface area (Å²) in [5.41, 5.74) is 0. The van der Waals surface area contributed by atoms with Crippen LogP contribution in [0.5, 0.6) is 0 Å². The van der Waals surface area contributed by atoms with Crippen LogP contribution in [0.2, 0.25) is 0 Å². The van der Waals surface area contributed by atoms with E-state index >= 15 is 0 Å². The van der Waals surface area contributed by atoms with Crippen molar-refractivity contribution in [1.29, 1.82) is 0 Å². The Morgan fingerprint density at radius 2 is 2.00 bits per heavy atom.